The van der Waals surface area contributed by atoms with Gasteiger partial charge in [0.25, 0.3) is 0 Å². The summed E-state index contributed by atoms with van der Waals surface area (Å²) in [5.74, 6) is 0.568. The second-order valence-electron chi connectivity index (χ2n) is 5.75. The second-order valence-corrected chi connectivity index (χ2v) is 5.75. The Balaban J connectivity index is 1.76. The van der Waals surface area contributed by atoms with E-state index in [-0.39, 0.29) is 5.97 Å². The number of methoxy groups -OCH3 is 1. The first kappa shape index (κ1) is 17.3. The first-order valence-corrected chi connectivity index (χ1v) is 8.05. The average Bonchev–Trinajstić information content (AvgIpc) is 2.65. The predicted octanol–water partition coefficient (Wildman–Crippen LogP) is 3.76. The molecule has 1 heterocycles. The summed E-state index contributed by atoms with van der Waals surface area (Å²) in [6.45, 7) is 4.04. The number of ether oxygens (including phenoxy) is 1. The van der Waals surface area contributed by atoms with Gasteiger partial charge in [-0.2, -0.15) is 10.1 Å². The molecule has 0 fully saturated rings. The first-order chi connectivity index (χ1) is 12.6. The minimum absolute atomic E-state index is 0.375. The molecular formula is C19H19N5O2. The third-order valence-corrected chi connectivity index (χ3v) is 3.86. The molecule has 2 N–H and O–H groups in total. The zero-order valence-electron chi connectivity index (χ0n) is 14.8. The van der Waals surface area contributed by atoms with E-state index in [4.69, 9.17) is 0 Å². The number of esters is 1. The van der Waals surface area contributed by atoms with E-state index >= 15 is 0 Å². The van der Waals surface area contributed by atoms with Crippen molar-refractivity contribution < 1.29 is 9.53 Å². The number of carbonyl (C=O) groups is 1. The van der Waals surface area contributed by atoms with Crippen molar-refractivity contribution in [3.63, 3.8) is 0 Å². The van der Waals surface area contributed by atoms with Crippen LogP contribution in [0.25, 0.3) is 0 Å². The van der Waals surface area contributed by atoms with Crippen molar-refractivity contribution in [3.05, 3.63) is 65.4 Å². The third-order valence-electron chi connectivity index (χ3n) is 3.86. The van der Waals surface area contributed by atoms with E-state index in [1.807, 2.05) is 32.0 Å². The maximum Gasteiger partial charge on any atom is 0.337 e. The maximum absolute atomic E-state index is 11.5. The second kappa shape index (κ2) is 7.60. The van der Waals surface area contributed by atoms with Gasteiger partial charge in [-0.15, -0.1) is 5.10 Å². The van der Waals surface area contributed by atoms with Gasteiger partial charge in [-0.1, -0.05) is 18.2 Å². The lowest BCUT2D eigenvalue weighted by molar-refractivity contribution is 0.0601. The van der Waals surface area contributed by atoms with Gasteiger partial charge in [0.2, 0.25) is 5.95 Å². The lowest BCUT2D eigenvalue weighted by Gasteiger charge is -2.12. The van der Waals surface area contributed by atoms with Crippen molar-refractivity contribution in [2.24, 2.45) is 0 Å². The van der Waals surface area contributed by atoms with Gasteiger partial charge < -0.3 is 15.4 Å². The lowest BCUT2D eigenvalue weighted by Crippen LogP contribution is -2.04. The molecule has 0 aliphatic heterocycles. The first-order valence-electron chi connectivity index (χ1n) is 8.05. The standard InChI is InChI=1S/C19H19N5O2/c1-12-5-4-6-13(2)17(12)23-19-22-16(11-20-24-19)21-15-9-7-14(8-10-15)18(25)26-3/h4-11H,1-3H3,(H2,21,22,23,24). The number of anilines is 4. The van der Waals surface area contributed by atoms with Gasteiger partial charge >= 0.3 is 5.97 Å². The molecule has 2 aromatic carbocycles. The summed E-state index contributed by atoms with van der Waals surface area (Å²) in [7, 11) is 1.35. The van der Waals surface area contributed by atoms with Crippen molar-refractivity contribution in [2.45, 2.75) is 13.8 Å². The van der Waals surface area contributed by atoms with Crippen molar-refractivity contribution in [1.82, 2.24) is 15.2 Å². The van der Waals surface area contributed by atoms with Gasteiger partial charge in [0.05, 0.1) is 18.9 Å². The van der Waals surface area contributed by atoms with Crippen LogP contribution < -0.4 is 10.6 Å². The molecule has 3 rings (SSSR count). The number of hydrogen-bond acceptors (Lipinski definition) is 7. The molecule has 132 valence electrons. The van der Waals surface area contributed by atoms with E-state index in [1.165, 1.54) is 13.3 Å². The van der Waals surface area contributed by atoms with Crippen LogP contribution in [0.3, 0.4) is 0 Å². The topological polar surface area (TPSA) is 89.0 Å². The summed E-state index contributed by atoms with van der Waals surface area (Å²) >= 11 is 0. The Morgan fingerprint density at radius 3 is 2.35 bits per heavy atom. The smallest absolute Gasteiger partial charge is 0.337 e. The quantitative estimate of drug-likeness (QED) is 0.678. The highest BCUT2D eigenvalue weighted by Gasteiger charge is 2.07. The minimum Gasteiger partial charge on any atom is -0.465 e. The Bertz CT molecular complexity index is 905. The summed E-state index contributed by atoms with van der Waals surface area (Å²) in [4.78, 5) is 15.9. The molecule has 0 unspecified atom stereocenters. The summed E-state index contributed by atoms with van der Waals surface area (Å²) in [6.07, 6.45) is 1.53. The summed E-state index contributed by atoms with van der Waals surface area (Å²) in [5.41, 5.74) is 4.43. The van der Waals surface area contributed by atoms with Crippen LogP contribution in [-0.2, 0) is 4.74 Å². The maximum atomic E-state index is 11.5. The van der Waals surface area contributed by atoms with E-state index in [2.05, 4.69) is 30.6 Å². The monoisotopic (exact) mass is 349 g/mol. The molecule has 0 radical (unpaired) electrons. The Hall–Kier alpha value is -3.48. The van der Waals surface area contributed by atoms with Crippen LogP contribution >= 0.6 is 0 Å². The van der Waals surface area contributed by atoms with Crippen LogP contribution in [0.2, 0.25) is 0 Å². The number of benzene rings is 2. The minimum atomic E-state index is -0.375. The molecule has 0 saturated carbocycles. The Labute approximate surface area is 151 Å². The molecule has 0 atom stereocenters. The zero-order chi connectivity index (χ0) is 18.5. The molecule has 0 bridgehead atoms. The SMILES string of the molecule is COC(=O)c1ccc(Nc2cnnc(Nc3c(C)cccc3C)n2)cc1. The summed E-state index contributed by atoms with van der Waals surface area (Å²) in [6, 6.07) is 12.9. The zero-order valence-corrected chi connectivity index (χ0v) is 14.8. The number of nitrogens with one attached hydrogen (secondary N) is 2. The molecule has 0 saturated heterocycles. The molecule has 1 aromatic heterocycles. The van der Waals surface area contributed by atoms with Gasteiger partial charge in [-0.25, -0.2) is 4.79 Å². The van der Waals surface area contributed by atoms with E-state index in [9.17, 15) is 4.79 Å². The van der Waals surface area contributed by atoms with Gasteiger partial charge in [0.15, 0.2) is 5.82 Å². The molecule has 0 spiro atoms. The number of carbonyl (C=O) groups excluding carboxylic acids is 1. The fourth-order valence-electron chi connectivity index (χ4n) is 2.50. The van der Waals surface area contributed by atoms with Crippen LogP contribution in [-0.4, -0.2) is 28.3 Å². The number of nitrogens with zero attached hydrogens (tertiary/aromatic N) is 3. The van der Waals surface area contributed by atoms with Crippen LogP contribution in [0.1, 0.15) is 21.5 Å². The molecule has 26 heavy (non-hydrogen) atoms. The molecule has 7 heteroatoms. The van der Waals surface area contributed by atoms with Gasteiger partial charge in [-0.05, 0) is 49.2 Å². The highest BCUT2D eigenvalue weighted by molar-refractivity contribution is 5.89. The number of aryl methyl sites for hydroxylation is 2. The van der Waals surface area contributed by atoms with Gasteiger partial charge in [-0.3, -0.25) is 0 Å². The number of para-hydroxylation sites is 1. The largest absolute Gasteiger partial charge is 0.465 e. The Kier molecular flexibility index (Phi) is 5.07. The van der Waals surface area contributed by atoms with Crippen molar-refractivity contribution in [1.29, 1.82) is 0 Å². The Morgan fingerprint density at radius 1 is 1.00 bits per heavy atom. The normalized spacial score (nSPS) is 10.3. The van der Waals surface area contributed by atoms with Crippen LogP contribution in [0.4, 0.5) is 23.1 Å². The molecule has 0 amide bonds. The summed E-state index contributed by atoms with van der Waals surface area (Å²) in [5, 5.41) is 14.4. The third kappa shape index (κ3) is 3.94. The fourth-order valence-corrected chi connectivity index (χ4v) is 2.50. The number of aromatic nitrogens is 3. The van der Waals surface area contributed by atoms with E-state index in [0.717, 1.165) is 22.5 Å². The molecule has 0 aliphatic carbocycles. The van der Waals surface area contributed by atoms with Crippen LogP contribution in [0, 0.1) is 13.8 Å². The Morgan fingerprint density at radius 2 is 1.69 bits per heavy atom. The molecule has 3 aromatic rings. The molecule has 7 nitrogen and oxygen atoms in total. The molecule has 0 aliphatic rings. The van der Waals surface area contributed by atoms with Gasteiger partial charge in [0, 0.05) is 11.4 Å². The van der Waals surface area contributed by atoms with Crippen LogP contribution in [0.15, 0.2) is 48.7 Å². The average molecular weight is 349 g/mol. The fraction of sp³-hybridized carbons (Fsp3) is 0.158. The molecular weight excluding hydrogens is 330 g/mol. The van der Waals surface area contributed by atoms with E-state index in [0.29, 0.717) is 17.3 Å². The predicted molar refractivity (Wildman–Crippen MR) is 100 cm³/mol. The van der Waals surface area contributed by atoms with Crippen molar-refractivity contribution in [3.8, 4) is 0 Å². The number of rotatable bonds is 5. The van der Waals surface area contributed by atoms with Crippen LogP contribution in [0.5, 0.6) is 0 Å². The summed E-state index contributed by atoms with van der Waals surface area (Å²) < 4.78 is 4.69. The van der Waals surface area contributed by atoms with Crippen molar-refractivity contribution in [2.75, 3.05) is 17.7 Å². The highest BCUT2D eigenvalue weighted by atomic mass is 16.5. The van der Waals surface area contributed by atoms with E-state index < -0.39 is 0 Å². The van der Waals surface area contributed by atoms with Crippen molar-refractivity contribution >= 4 is 29.1 Å². The number of hydrogen-bond donors (Lipinski definition) is 2. The lowest BCUT2D eigenvalue weighted by atomic mass is 10.1. The van der Waals surface area contributed by atoms with Gasteiger partial charge in [0.1, 0.15) is 0 Å². The van der Waals surface area contributed by atoms with E-state index in [1.54, 1.807) is 24.3 Å². The highest BCUT2D eigenvalue weighted by Crippen LogP contribution is 2.23.